The van der Waals surface area contributed by atoms with E-state index in [2.05, 4.69) is 15.6 Å². The van der Waals surface area contributed by atoms with E-state index in [0.29, 0.717) is 10.7 Å². The van der Waals surface area contributed by atoms with Crippen LogP contribution in [0.4, 0.5) is 21.9 Å². The number of hydrogen-bond donors (Lipinski definition) is 2. The molecule has 0 aliphatic rings. The van der Waals surface area contributed by atoms with Gasteiger partial charge in [0.05, 0.1) is 21.4 Å². The van der Waals surface area contributed by atoms with E-state index in [0.717, 1.165) is 0 Å². The van der Waals surface area contributed by atoms with Crippen molar-refractivity contribution in [3.05, 3.63) is 52.5 Å². The molecule has 0 bridgehead atoms. The molecule has 2 amide bonds. The molecule has 0 heterocycles. The molecule has 0 aliphatic carbocycles. The number of amides is 2. The largest absolute Gasteiger partial charge is 0.323 e. The number of rotatable bonds is 3. The fourth-order valence-electron chi connectivity index (χ4n) is 1.61. The zero-order chi connectivity index (χ0) is 15.2. The number of urea groups is 1. The van der Waals surface area contributed by atoms with Gasteiger partial charge in [-0.15, -0.1) is 0 Å². The van der Waals surface area contributed by atoms with Crippen molar-refractivity contribution in [3.8, 4) is 0 Å². The van der Waals surface area contributed by atoms with E-state index < -0.39 is 6.03 Å². The second-order valence-electron chi connectivity index (χ2n) is 3.90. The lowest BCUT2D eigenvalue weighted by Gasteiger charge is -2.10. The maximum atomic E-state index is 11.9. The first kappa shape index (κ1) is 15.1. The summed E-state index contributed by atoms with van der Waals surface area (Å²) in [4.78, 5) is 25.8. The lowest BCUT2D eigenvalue weighted by atomic mass is 10.2. The van der Waals surface area contributed by atoms with Crippen LogP contribution in [0.25, 0.3) is 0 Å². The van der Waals surface area contributed by atoms with Gasteiger partial charge in [0.25, 0.3) is 0 Å². The van der Waals surface area contributed by atoms with Crippen molar-refractivity contribution >= 4 is 52.4 Å². The molecule has 2 rings (SSSR count). The van der Waals surface area contributed by atoms with Crippen molar-refractivity contribution in [2.45, 2.75) is 0 Å². The van der Waals surface area contributed by atoms with Crippen LogP contribution in [0.2, 0.25) is 10.0 Å². The molecule has 2 N–H and O–H groups in total. The summed E-state index contributed by atoms with van der Waals surface area (Å²) in [6.07, 6.45) is 1.40. The number of isocyanates is 1. The number of carbonyl (C=O) groups is 1. The molecule has 106 valence electrons. The third-order valence-corrected chi connectivity index (χ3v) is 3.15. The average Bonchev–Trinajstić information content (AvgIpc) is 2.45. The molecule has 0 radical (unpaired) electrons. The Hall–Kier alpha value is -2.33. The molecule has 21 heavy (non-hydrogen) atoms. The molecular weight excluding hydrogens is 313 g/mol. The minimum Gasteiger partial charge on any atom is -0.306 e. The molecule has 5 nitrogen and oxygen atoms in total. The molecule has 0 saturated heterocycles. The summed E-state index contributed by atoms with van der Waals surface area (Å²) in [5.41, 5.74) is 0.887. The number of benzene rings is 2. The highest BCUT2D eigenvalue weighted by molar-refractivity contribution is 6.34. The van der Waals surface area contributed by atoms with Gasteiger partial charge in [0.1, 0.15) is 5.69 Å². The third kappa shape index (κ3) is 3.83. The normalized spacial score (nSPS) is 9.62. The van der Waals surface area contributed by atoms with Gasteiger partial charge < -0.3 is 10.6 Å². The lowest BCUT2D eigenvalue weighted by molar-refractivity contribution is 0.262. The number of halogens is 2. The van der Waals surface area contributed by atoms with E-state index in [9.17, 15) is 9.59 Å². The molecule has 7 heteroatoms. The van der Waals surface area contributed by atoms with Gasteiger partial charge in [0.15, 0.2) is 0 Å². The number of anilines is 2. The highest BCUT2D eigenvalue weighted by Crippen LogP contribution is 2.32. The van der Waals surface area contributed by atoms with Gasteiger partial charge >= 0.3 is 6.03 Å². The van der Waals surface area contributed by atoms with E-state index in [-0.39, 0.29) is 16.4 Å². The number of nitrogens with zero attached hydrogens (tertiary/aromatic N) is 1. The molecule has 0 saturated carbocycles. The molecule has 0 fully saturated rings. The number of para-hydroxylation sites is 2. The summed E-state index contributed by atoms with van der Waals surface area (Å²) in [6, 6.07) is 11.0. The summed E-state index contributed by atoms with van der Waals surface area (Å²) in [6.45, 7) is 0. The van der Waals surface area contributed by atoms with Crippen molar-refractivity contribution < 1.29 is 9.59 Å². The van der Waals surface area contributed by atoms with Gasteiger partial charge in [0.2, 0.25) is 6.08 Å². The van der Waals surface area contributed by atoms with E-state index >= 15 is 0 Å². The molecule has 2 aromatic rings. The maximum Gasteiger partial charge on any atom is 0.323 e. The van der Waals surface area contributed by atoms with Crippen molar-refractivity contribution in [1.29, 1.82) is 0 Å². The van der Waals surface area contributed by atoms with E-state index in [1.54, 1.807) is 42.5 Å². The second-order valence-corrected chi connectivity index (χ2v) is 4.71. The van der Waals surface area contributed by atoms with Crippen molar-refractivity contribution in [2.75, 3.05) is 10.6 Å². The van der Waals surface area contributed by atoms with Crippen LogP contribution in [0.5, 0.6) is 0 Å². The Labute approximate surface area is 130 Å². The summed E-state index contributed by atoms with van der Waals surface area (Å²) in [5.74, 6) is 0. The van der Waals surface area contributed by atoms with E-state index in [4.69, 9.17) is 23.2 Å². The van der Waals surface area contributed by atoms with Crippen LogP contribution in [0.15, 0.2) is 47.5 Å². The van der Waals surface area contributed by atoms with Crippen LogP contribution in [0, 0.1) is 0 Å². The fraction of sp³-hybridized carbons (Fsp3) is 0. The zero-order valence-electron chi connectivity index (χ0n) is 10.6. The fourth-order valence-corrected chi connectivity index (χ4v) is 2.01. The van der Waals surface area contributed by atoms with Crippen LogP contribution in [0.1, 0.15) is 0 Å². The summed E-state index contributed by atoms with van der Waals surface area (Å²) in [7, 11) is 0. The van der Waals surface area contributed by atoms with Crippen LogP contribution in [-0.2, 0) is 4.79 Å². The Morgan fingerprint density at radius 3 is 2.29 bits per heavy atom. The van der Waals surface area contributed by atoms with Gasteiger partial charge in [-0.2, -0.15) is 4.99 Å². The monoisotopic (exact) mass is 321 g/mol. The average molecular weight is 322 g/mol. The van der Waals surface area contributed by atoms with Gasteiger partial charge in [-0.3, -0.25) is 0 Å². The number of nitrogens with one attached hydrogen (secondary N) is 2. The highest BCUT2D eigenvalue weighted by atomic mass is 35.5. The quantitative estimate of drug-likeness (QED) is 0.640. The number of aliphatic imine (C=N–C) groups is 1. The van der Waals surface area contributed by atoms with Gasteiger partial charge in [-0.1, -0.05) is 41.4 Å². The van der Waals surface area contributed by atoms with Crippen molar-refractivity contribution in [3.63, 3.8) is 0 Å². The molecule has 2 aromatic carbocycles. The SMILES string of the molecule is O=C=Nc1c(Cl)cccc1NC(=O)Nc1ccccc1Cl. The van der Waals surface area contributed by atoms with Crippen molar-refractivity contribution in [1.82, 2.24) is 0 Å². The number of carbonyl (C=O) groups excluding carboxylic acids is 2. The Balaban J connectivity index is 2.19. The van der Waals surface area contributed by atoms with Crippen LogP contribution in [0.3, 0.4) is 0 Å². The number of hydrogen-bond acceptors (Lipinski definition) is 3. The Morgan fingerprint density at radius 2 is 1.57 bits per heavy atom. The molecular formula is C14H9Cl2N3O2. The molecule has 0 aliphatic heterocycles. The third-order valence-electron chi connectivity index (χ3n) is 2.51. The lowest BCUT2D eigenvalue weighted by Crippen LogP contribution is -2.19. The van der Waals surface area contributed by atoms with Crippen LogP contribution < -0.4 is 10.6 Å². The van der Waals surface area contributed by atoms with Crippen molar-refractivity contribution in [2.24, 2.45) is 4.99 Å². The Kier molecular flexibility index (Phi) is 4.95. The predicted molar refractivity (Wildman–Crippen MR) is 83.3 cm³/mol. The molecule has 0 unspecified atom stereocenters. The zero-order valence-corrected chi connectivity index (χ0v) is 12.1. The van der Waals surface area contributed by atoms with E-state index in [1.165, 1.54) is 6.08 Å². The first-order chi connectivity index (χ1) is 10.1. The minimum absolute atomic E-state index is 0.142. The maximum absolute atomic E-state index is 11.9. The smallest absolute Gasteiger partial charge is 0.306 e. The van der Waals surface area contributed by atoms with Gasteiger partial charge in [-0.25, -0.2) is 9.59 Å². The standard InChI is InChI=1S/C14H9Cl2N3O2/c15-9-4-1-2-6-11(9)18-14(21)19-12-7-3-5-10(16)13(12)17-8-20/h1-7H,(H2,18,19,21). The summed E-state index contributed by atoms with van der Waals surface area (Å²) >= 11 is 11.9. The minimum atomic E-state index is -0.535. The van der Waals surface area contributed by atoms with Gasteiger partial charge in [0, 0.05) is 0 Å². The first-order valence-corrected chi connectivity index (χ1v) is 6.56. The second kappa shape index (κ2) is 6.90. The van der Waals surface area contributed by atoms with Crippen LogP contribution in [-0.4, -0.2) is 12.1 Å². The molecule has 0 aromatic heterocycles. The predicted octanol–water partition coefficient (Wildman–Crippen LogP) is 4.60. The molecule has 0 atom stereocenters. The van der Waals surface area contributed by atoms with E-state index in [1.807, 2.05) is 0 Å². The summed E-state index contributed by atoms with van der Waals surface area (Å²) < 4.78 is 0. The Bertz CT molecular complexity index is 728. The summed E-state index contributed by atoms with van der Waals surface area (Å²) in [5, 5.41) is 5.77. The topological polar surface area (TPSA) is 70.6 Å². The highest BCUT2D eigenvalue weighted by Gasteiger charge is 2.10. The molecule has 0 spiro atoms. The van der Waals surface area contributed by atoms with Gasteiger partial charge in [-0.05, 0) is 24.3 Å². The van der Waals surface area contributed by atoms with Crippen LogP contribution >= 0.6 is 23.2 Å². The Morgan fingerprint density at radius 1 is 0.952 bits per heavy atom. The first-order valence-electron chi connectivity index (χ1n) is 5.80.